The van der Waals surface area contributed by atoms with Crippen LogP contribution < -0.4 is 5.73 Å². The Hall–Kier alpha value is -0.690. The van der Waals surface area contributed by atoms with E-state index >= 15 is 0 Å². The van der Waals surface area contributed by atoms with Crippen molar-refractivity contribution in [3.8, 4) is 0 Å². The van der Waals surface area contributed by atoms with Gasteiger partial charge in [-0.1, -0.05) is 18.5 Å². The molecule has 7 heteroatoms. The highest BCUT2D eigenvalue weighted by molar-refractivity contribution is 7.89. The van der Waals surface area contributed by atoms with Crippen LogP contribution >= 0.6 is 11.6 Å². The van der Waals surface area contributed by atoms with E-state index < -0.39 is 15.8 Å². The summed E-state index contributed by atoms with van der Waals surface area (Å²) in [4.78, 5) is -0.109. The first-order valence-corrected chi connectivity index (χ1v) is 8.27. The molecule has 0 aromatic heterocycles. The molecule has 0 spiro atoms. The largest absolute Gasteiger partial charge is 0.326 e. The third-order valence-electron chi connectivity index (χ3n) is 2.92. The van der Waals surface area contributed by atoms with Crippen LogP contribution in [0.25, 0.3) is 0 Å². The molecule has 1 aromatic carbocycles. The maximum Gasteiger partial charge on any atom is 0.243 e. The summed E-state index contributed by atoms with van der Waals surface area (Å²) in [5, 5.41) is -0.127. The van der Waals surface area contributed by atoms with Gasteiger partial charge in [-0.25, -0.2) is 12.8 Å². The number of rotatable bonds is 6. The Morgan fingerprint density at radius 2 is 2.00 bits per heavy atom. The molecule has 0 heterocycles. The average Bonchev–Trinajstić information content (AvgIpc) is 2.38. The van der Waals surface area contributed by atoms with Gasteiger partial charge in [0.25, 0.3) is 0 Å². The van der Waals surface area contributed by atoms with E-state index in [0.29, 0.717) is 13.0 Å². The number of halogens is 2. The van der Waals surface area contributed by atoms with Gasteiger partial charge in [0.15, 0.2) is 0 Å². The number of sulfonamides is 1. The molecule has 1 aromatic rings. The number of nitrogens with zero attached hydrogens (tertiary/aromatic N) is 1. The number of hydrogen-bond acceptors (Lipinski definition) is 3. The van der Waals surface area contributed by atoms with Crippen LogP contribution in [0.2, 0.25) is 5.02 Å². The summed E-state index contributed by atoms with van der Waals surface area (Å²) in [6, 6.07) is 2.08. The lowest BCUT2D eigenvalue weighted by molar-refractivity contribution is 0.354. The van der Waals surface area contributed by atoms with Crippen LogP contribution in [0.3, 0.4) is 0 Å². The van der Waals surface area contributed by atoms with Crippen molar-refractivity contribution >= 4 is 21.6 Å². The van der Waals surface area contributed by atoms with Crippen molar-refractivity contribution in [2.24, 2.45) is 5.73 Å². The molecule has 0 aliphatic rings. The van der Waals surface area contributed by atoms with Crippen LogP contribution in [-0.4, -0.2) is 25.3 Å². The lowest BCUT2D eigenvalue weighted by atomic mass is 10.2. The molecule has 114 valence electrons. The molecule has 2 N–H and O–H groups in total. The summed E-state index contributed by atoms with van der Waals surface area (Å²) in [5.41, 5.74) is 5.75. The van der Waals surface area contributed by atoms with Crippen molar-refractivity contribution in [3.63, 3.8) is 0 Å². The van der Waals surface area contributed by atoms with E-state index in [1.54, 1.807) is 13.8 Å². The third-order valence-corrected chi connectivity index (χ3v) is 5.40. The van der Waals surface area contributed by atoms with Crippen molar-refractivity contribution in [1.82, 2.24) is 4.31 Å². The Bertz CT molecular complexity index is 576. The molecule has 0 saturated carbocycles. The maximum atomic E-state index is 13.7. The topological polar surface area (TPSA) is 63.4 Å². The Balaban J connectivity index is 3.38. The highest BCUT2D eigenvalue weighted by Crippen LogP contribution is 2.27. The Morgan fingerprint density at radius 3 is 2.45 bits per heavy atom. The highest BCUT2D eigenvalue weighted by Gasteiger charge is 2.27. The minimum Gasteiger partial charge on any atom is -0.326 e. The zero-order valence-electron chi connectivity index (χ0n) is 11.9. The Labute approximate surface area is 124 Å². The summed E-state index contributed by atoms with van der Waals surface area (Å²) in [5.74, 6) is -0.770. The molecule has 0 unspecified atom stereocenters. The van der Waals surface area contributed by atoms with Gasteiger partial charge in [0.1, 0.15) is 5.82 Å². The Morgan fingerprint density at radius 1 is 1.40 bits per heavy atom. The van der Waals surface area contributed by atoms with E-state index in [4.69, 9.17) is 17.3 Å². The van der Waals surface area contributed by atoms with Crippen molar-refractivity contribution < 1.29 is 12.8 Å². The third kappa shape index (κ3) is 3.49. The number of nitrogens with two attached hydrogens (primary N) is 1. The van der Waals surface area contributed by atoms with Crippen molar-refractivity contribution in [2.45, 2.75) is 44.7 Å². The first-order valence-electron chi connectivity index (χ1n) is 6.45. The second-order valence-corrected chi connectivity index (χ2v) is 7.06. The predicted molar refractivity (Wildman–Crippen MR) is 78.6 cm³/mol. The molecule has 0 fully saturated rings. The van der Waals surface area contributed by atoms with E-state index in [-0.39, 0.29) is 28.1 Å². The van der Waals surface area contributed by atoms with Crippen LogP contribution in [0.5, 0.6) is 0 Å². The zero-order valence-corrected chi connectivity index (χ0v) is 13.4. The molecule has 0 saturated heterocycles. The molecule has 0 radical (unpaired) electrons. The lowest BCUT2D eigenvalue weighted by Gasteiger charge is -2.25. The van der Waals surface area contributed by atoms with Crippen LogP contribution in [0.4, 0.5) is 4.39 Å². The summed E-state index contributed by atoms with van der Waals surface area (Å²) < 4.78 is 40.2. The first-order chi connectivity index (χ1) is 9.25. The molecule has 0 amide bonds. The fourth-order valence-corrected chi connectivity index (χ4v) is 3.91. The lowest BCUT2D eigenvalue weighted by Crippen LogP contribution is -2.37. The first kappa shape index (κ1) is 17.4. The molecule has 0 bridgehead atoms. The molecule has 1 rings (SSSR count). The molecule has 0 atom stereocenters. The minimum absolute atomic E-state index is 0.0193. The molecular formula is C13H20ClFN2O2S. The fraction of sp³-hybridized carbons (Fsp3) is 0.538. The smallest absolute Gasteiger partial charge is 0.243 e. The number of hydrogen-bond donors (Lipinski definition) is 1. The van der Waals surface area contributed by atoms with Crippen LogP contribution in [0.15, 0.2) is 17.0 Å². The predicted octanol–water partition coefficient (Wildman–Crippen LogP) is 2.75. The summed E-state index contributed by atoms with van der Waals surface area (Å²) in [6.07, 6.45) is 0.678. The van der Waals surface area contributed by atoms with Gasteiger partial charge in [0.2, 0.25) is 10.0 Å². The van der Waals surface area contributed by atoms with Gasteiger partial charge >= 0.3 is 0 Å². The molecule has 0 aliphatic heterocycles. The Kier molecular flexibility index (Phi) is 5.94. The quantitative estimate of drug-likeness (QED) is 0.876. The van der Waals surface area contributed by atoms with Gasteiger partial charge in [-0.3, -0.25) is 0 Å². The van der Waals surface area contributed by atoms with Crippen molar-refractivity contribution in [3.05, 3.63) is 28.5 Å². The van der Waals surface area contributed by atoms with E-state index in [1.807, 2.05) is 6.92 Å². The minimum atomic E-state index is -3.76. The van der Waals surface area contributed by atoms with E-state index in [9.17, 15) is 12.8 Å². The monoisotopic (exact) mass is 322 g/mol. The fourth-order valence-electron chi connectivity index (χ4n) is 1.93. The van der Waals surface area contributed by atoms with Gasteiger partial charge in [-0.2, -0.15) is 4.31 Å². The van der Waals surface area contributed by atoms with E-state index in [1.165, 1.54) is 10.4 Å². The van der Waals surface area contributed by atoms with Crippen LogP contribution in [0.1, 0.15) is 32.8 Å². The normalized spacial score (nSPS) is 12.4. The van der Waals surface area contributed by atoms with Gasteiger partial charge in [0.05, 0.1) is 9.92 Å². The zero-order chi connectivity index (χ0) is 15.5. The van der Waals surface area contributed by atoms with E-state index in [2.05, 4.69) is 0 Å². The average molecular weight is 323 g/mol. The van der Waals surface area contributed by atoms with Gasteiger partial charge in [0, 0.05) is 19.1 Å². The van der Waals surface area contributed by atoms with Gasteiger partial charge in [-0.15, -0.1) is 0 Å². The molecule has 0 aliphatic carbocycles. The second kappa shape index (κ2) is 6.85. The van der Waals surface area contributed by atoms with Crippen molar-refractivity contribution in [2.75, 3.05) is 6.54 Å². The summed E-state index contributed by atoms with van der Waals surface area (Å²) in [6.45, 7) is 5.81. The SMILES string of the molecule is CCCN(C(C)C)S(=O)(=O)c1cc(F)c(Cl)c(CN)c1. The highest BCUT2D eigenvalue weighted by atomic mass is 35.5. The van der Waals surface area contributed by atoms with Crippen LogP contribution in [0, 0.1) is 5.82 Å². The summed E-state index contributed by atoms with van der Waals surface area (Å²) >= 11 is 5.76. The molecule has 4 nitrogen and oxygen atoms in total. The second-order valence-electron chi connectivity index (χ2n) is 4.79. The van der Waals surface area contributed by atoms with E-state index in [0.717, 1.165) is 6.07 Å². The molecular weight excluding hydrogens is 303 g/mol. The number of benzene rings is 1. The van der Waals surface area contributed by atoms with Crippen LogP contribution in [-0.2, 0) is 16.6 Å². The summed E-state index contributed by atoms with van der Waals surface area (Å²) in [7, 11) is -3.76. The maximum absolute atomic E-state index is 13.7. The standard InChI is InChI=1S/C13H20ClFN2O2S/c1-4-5-17(9(2)3)20(18,19)11-6-10(8-16)13(14)12(15)7-11/h6-7,9H,4-5,8,16H2,1-3H3. The molecule has 20 heavy (non-hydrogen) atoms. The van der Waals surface area contributed by atoms with Crippen molar-refractivity contribution in [1.29, 1.82) is 0 Å². The van der Waals surface area contributed by atoms with Gasteiger partial charge in [-0.05, 0) is 38.0 Å². The van der Waals surface area contributed by atoms with Gasteiger partial charge < -0.3 is 5.73 Å².